The van der Waals surface area contributed by atoms with E-state index in [2.05, 4.69) is 42.9 Å². The van der Waals surface area contributed by atoms with Crippen LogP contribution in [0.15, 0.2) is 49.3 Å². The van der Waals surface area contributed by atoms with E-state index < -0.39 is 82.7 Å². The molecule has 0 radical (unpaired) electrons. The molecule has 30 heteroatoms. The Morgan fingerprint density at radius 3 is 1.54 bits per heavy atom. The van der Waals surface area contributed by atoms with Crippen molar-refractivity contribution in [1.82, 2.24) is 19.2 Å². The van der Waals surface area contributed by atoms with Crippen LogP contribution in [0.4, 0.5) is 9.59 Å². The summed E-state index contributed by atoms with van der Waals surface area (Å²) < 4.78 is 86.0. The van der Waals surface area contributed by atoms with Gasteiger partial charge in [0.2, 0.25) is 37.7 Å². The van der Waals surface area contributed by atoms with Gasteiger partial charge >= 0.3 is 24.1 Å². The van der Waals surface area contributed by atoms with Gasteiger partial charge < -0.3 is 28.4 Å². The zero-order valence-corrected chi connectivity index (χ0v) is 51.3. The molecule has 2 fully saturated rings. The smallest absolute Gasteiger partial charge is 0.414 e. The summed E-state index contributed by atoms with van der Waals surface area (Å²) in [4.78, 5) is 67.3. The number of alkyl carbamates (subject to hydrolysis) is 2. The molecule has 422 valence electrons. The Labute approximate surface area is 477 Å². The van der Waals surface area contributed by atoms with Crippen molar-refractivity contribution < 1.29 is 69.2 Å². The monoisotopic (exact) mass is 1280 g/mol. The van der Waals surface area contributed by atoms with E-state index in [4.69, 9.17) is 63.5 Å². The molecule has 4 aliphatic rings. The third kappa shape index (κ3) is 15.7. The molecule has 0 aromatic carbocycles. The van der Waals surface area contributed by atoms with Crippen molar-refractivity contribution in [2.24, 2.45) is 9.98 Å². The van der Waals surface area contributed by atoms with Crippen LogP contribution >= 0.6 is 84.7 Å². The highest BCUT2D eigenvalue weighted by molar-refractivity contribution is 9.11. The van der Waals surface area contributed by atoms with Gasteiger partial charge in [-0.05, 0) is 100 Å². The number of sulfonamides is 2. The number of carbonyl (C=O) groups is 5. The van der Waals surface area contributed by atoms with Crippen molar-refractivity contribution in [3.05, 3.63) is 69.0 Å². The molecule has 2 amide bonds. The van der Waals surface area contributed by atoms with Crippen molar-refractivity contribution in [3.8, 4) is 0 Å². The van der Waals surface area contributed by atoms with Crippen LogP contribution in [0.5, 0.6) is 0 Å². The van der Waals surface area contributed by atoms with Crippen molar-refractivity contribution >= 4 is 152 Å². The van der Waals surface area contributed by atoms with Gasteiger partial charge in [-0.3, -0.25) is 15.4 Å². The quantitative estimate of drug-likeness (QED) is 0.0967. The van der Waals surface area contributed by atoms with E-state index in [0.29, 0.717) is 67.9 Å². The molecule has 2 unspecified atom stereocenters. The summed E-state index contributed by atoms with van der Waals surface area (Å²) in [5, 5.41) is 8.09. The Kier molecular flexibility index (Phi) is 22.4. The zero-order valence-electron chi connectivity index (χ0n) is 43.4. The SMILES string of the molecule is C=C(C(=O)OCC)c1sccc1Cl.CCOC(=O)C(C)=O.CN1C(NC(=O)OC(C)(C)C)=N[C@@]2(c3sc(Br)cc3Cl)CCOCC2S1(=O)=O.CN1C(NC(=O)OC(C)(C)C)=N[C@@]2(c3sccc3Cl)CCOCC2S1(=O)=O. The molecule has 0 aliphatic carbocycles. The molecule has 7 heterocycles. The third-order valence-electron chi connectivity index (χ3n) is 10.8. The van der Waals surface area contributed by atoms with Gasteiger partial charge in [-0.25, -0.2) is 54.6 Å². The van der Waals surface area contributed by atoms with Crippen LogP contribution < -0.4 is 10.6 Å². The number of aliphatic imine (C=N–C) groups is 2. The Morgan fingerprint density at radius 1 is 0.750 bits per heavy atom. The molecule has 2 N–H and O–H groups in total. The molecule has 76 heavy (non-hydrogen) atoms. The van der Waals surface area contributed by atoms with Crippen LogP contribution in [0.1, 0.15) is 89.8 Å². The third-order valence-corrected chi connectivity index (χ3v) is 20.3. The molecule has 0 saturated carbocycles. The lowest BCUT2D eigenvalue weighted by molar-refractivity contribution is -0.152. The summed E-state index contributed by atoms with van der Waals surface area (Å²) in [6.07, 6.45) is -0.907. The van der Waals surface area contributed by atoms with Crippen molar-refractivity contribution in [1.29, 1.82) is 0 Å². The number of fused-ring (bicyclic) bond motifs is 2. The second kappa shape index (κ2) is 26.4. The van der Waals surface area contributed by atoms with E-state index in [1.165, 1.54) is 55.0 Å². The molecular weight excluding hydrogens is 1220 g/mol. The fourth-order valence-corrected chi connectivity index (χ4v) is 16.0. The number of Topliss-reactive ketones (excluding diaryl/α,β-unsaturated/α-hetero) is 1. The fourth-order valence-electron chi connectivity index (χ4n) is 7.41. The number of nitrogens with zero attached hydrogens (tertiary/aromatic N) is 4. The molecule has 2 saturated heterocycles. The lowest BCUT2D eigenvalue weighted by Crippen LogP contribution is -2.62. The summed E-state index contributed by atoms with van der Waals surface area (Å²) >= 11 is 26.0. The van der Waals surface area contributed by atoms with Crippen LogP contribution in [0.2, 0.25) is 15.1 Å². The number of halogens is 4. The fraction of sp³-hybridized carbons (Fsp3) is 0.543. The minimum Gasteiger partial charge on any atom is -0.462 e. The second-order valence-corrected chi connectivity index (χ2v) is 28.3. The molecule has 4 aliphatic heterocycles. The van der Waals surface area contributed by atoms with Crippen molar-refractivity contribution in [2.75, 3.05) is 53.7 Å². The Hall–Kier alpha value is -3.90. The van der Waals surface area contributed by atoms with Gasteiger partial charge in [-0.1, -0.05) is 41.4 Å². The lowest BCUT2D eigenvalue weighted by Gasteiger charge is -2.45. The van der Waals surface area contributed by atoms with Gasteiger partial charge in [0.1, 0.15) is 32.8 Å². The minimum absolute atomic E-state index is 0.00409. The maximum Gasteiger partial charge on any atom is 0.414 e. The summed E-state index contributed by atoms with van der Waals surface area (Å²) in [7, 11) is -5.03. The first-order valence-corrected chi connectivity index (χ1v) is 30.5. The Morgan fingerprint density at radius 2 is 1.18 bits per heavy atom. The van der Waals surface area contributed by atoms with Crippen LogP contribution in [0, 0.1) is 0 Å². The van der Waals surface area contributed by atoms with Crippen LogP contribution in [0.3, 0.4) is 0 Å². The first-order valence-electron chi connectivity index (χ1n) is 23.0. The predicted octanol–water partition coefficient (Wildman–Crippen LogP) is 8.96. The van der Waals surface area contributed by atoms with E-state index >= 15 is 0 Å². The van der Waals surface area contributed by atoms with E-state index in [1.54, 1.807) is 79.0 Å². The Balaban J connectivity index is 0.000000241. The van der Waals surface area contributed by atoms with Gasteiger partial charge in [0.05, 0.1) is 65.5 Å². The van der Waals surface area contributed by atoms with E-state index in [0.717, 1.165) is 12.4 Å². The molecule has 7 rings (SSSR count). The molecular formula is C46H60BrCl3N6O15S5. The number of thiophene rings is 3. The van der Waals surface area contributed by atoms with Crippen LogP contribution in [0.25, 0.3) is 5.57 Å². The number of carbonyl (C=O) groups excluding carboxylic acids is 5. The highest BCUT2D eigenvalue weighted by Crippen LogP contribution is 2.50. The van der Waals surface area contributed by atoms with Crippen LogP contribution in [-0.2, 0) is 73.9 Å². The number of esters is 2. The maximum atomic E-state index is 13.2. The van der Waals surface area contributed by atoms with Gasteiger partial charge in [-0.2, -0.15) is 0 Å². The zero-order chi connectivity index (χ0) is 57.4. The number of ether oxygens (including phenoxy) is 6. The number of amides is 2. The standard InChI is InChI=1S/C16H21BrClN3O5S2.C16H22ClN3O5S2.C9H9ClO2S.C5H8O3/c1-15(2,3)26-14(22)19-13-20-16(12-9(18)7-11(17)27-12)5-6-25-8-10(16)28(23,24)21(13)4;1-15(2,3)25-14(21)18-13-19-16(12-10(17)5-8-26-12)6-7-24-9-11(16)27(22,23)20(13)4;1-3-12-9(11)6(2)8-7(10)4-5-13-8;1-3-8-5(7)4(2)6/h7,10H,5-6,8H2,1-4H3,(H,19,20,22);5,8,11H,6-7,9H2,1-4H3,(H,18,19,21);4-5H,2-3H2,1H3;3H2,1-2H3/t10?,16-;11?,16-;;/m00../s1. The van der Waals surface area contributed by atoms with Gasteiger partial charge in [-0.15, -0.1) is 34.0 Å². The van der Waals surface area contributed by atoms with Crippen LogP contribution in [-0.4, -0.2) is 143 Å². The highest BCUT2D eigenvalue weighted by Gasteiger charge is 2.58. The topological polar surface area (TPSA) is 264 Å². The normalized spacial score (nSPS) is 22.2. The minimum atomic E-state index is -3.87. The number of nitrogens with one attached hydrogen (secondary N) is 2. The molecule has 4 atom stereocenters. The highest BCUT2D eigenvalue weighted by atomic mass is 79.9. The summed E-state index contributed by atoms with van der Waals surface area (Å²) in [5.74, 6) is -1.91. The number of hydrogen-bond donors (Lipinski definition) is 2. The largest absolute Gasteiger partial charge is 0.462 e. The average molecular weight is 1280 g/mol. The van der Waals surface area contributed by atoms with E-state index in [9.17, 15) is 40.8 Å². The summed E-state index contributed by atoms with van der Waals surface area (Å²) in [5.41, 5.74) is -3.41. The lowest BCUT2D eigenvalue weighted by atomic mass is 9.88. The number of guanidine groups is 2. The summed E-state index contributed by atoms with van der Waals surface area (Å²) in [6.45, 7) is 19.8. The maximum absolute atomic E-state index is 13.2. The van der Waals surface area contributed by atoms with Gasteiger partial charge in [0, 0.05) is 47.1 Å². The molecule has 3 aromatic rings. The van der Waals surface area contributed by atoms with Crippen molar-refractivity contribution in [2.45, 2.75) is 108 Å². The number of hydrogen-bond acceptors (Lipinski definition) is 20. The molecule has 3 aromatic heterocycles. The summed E-state index contributed by atoms with van der Waals surface area (Å²) in [6, 6.07) is 5.15. The average Bonchev–Trinajstić information content (AvgIpc) is 4.05. The first-order chi connectivity index (χ1) is 35.2. The van der Waals surface area contributed by atoms with E-state index in [1.807, 2.05) is 5.38 Å². The molecule has 0 spiro atoms. The van der Waals surface area contributed by atoms with Crippen molar-refractivity contribution in [3.63, 3.8) is 0 Å². The number of rotatable bonds is 7. The number of ketones is 1. The first kappa shape index (κ1) is 64.6. The molecule has 21 nitrogen and oxygen atoms in total. The van der Waals surface area contributed by atoms with E-state index in [-0.39, 0.29) is 31.7 Å². The van der Waals surface area contributed by atoms with Gasteiger partial charge in [0.25, 0.3) is 0 Å². The second-order valence-electron chi connectivity index (χ2n) is 18.5. The Bertz CT molecular complexity index is 2940. The van der Waals surface area contributed by atoms with Gasteiger partial charge in [0.15, 0.2) is 0 Å². The predicted molar refractivity (Wildman–Crippen MR) is 297 cm³/mol. The molecule has 0 bridgehead atoms.